The fourth-order valence-electron chi connectivity index (χ4n) is 1.41. The zero-order valence-corrected chi connectivity index (χ0v) is 12.8. The molecule has 0 aliphatic heterocycles. The minimum Gasteiger partial charge on any atom is -0.267 e. The molecule has 5 nitrogen and oxygen atoms in total. The lowest BCUT2D eigenvalue weighted by atomic mass is 10.2. The van der Waals surface area contributed by atoms with Gasteiger partial charge in [0.25, 0.3) is 5.91 Å². The maximum absolute atomic E-state index is 12.2. The number of amides is 1. The Balaban J connectivity index is 2.27. The van der Waals surface area contributed by atoms with Crippen LogP contribution in [0.4, 0.5) is 0 Å². The van der Waals surface area contributed by atoms with E-state index in [1.54, 1.807) is 17.7 Å². The van der Waals surface area contributed by atoms with Crippen molar-refractivity contribution in [3.63, 3.8) is 0 Å². The predicted octanol–water partition coefficient (Wildman–Crippen LogP) is 2.30. The van der Waals surface area contributed by atoms with Crippen molar-refractivity contribution in [1.29, 1.82) is 0 Å². The average molecular weight is 374 g/mol. The first-order valence-electron chi connectivity index (χ1n) is 5.15. The number of carbonyl (C=O) groups excluding carboxylic acids is 1. The van der Waals surface area contributed by atoms with Crippen LogP contribution in [0.15, 0.2) is 29.4 Å². The molecular weight excluding hydrogens is 363 g/mol. The van der Waals surface area contributed by atoms with E-state index in [1.807, 2.05) is 24.5 Å². The van der Waals surface area contributed by atoms with Crippen LogP contribution in [0.1, 0.15) is 16.2 Å². The number of aryl methyl sites for hydroxylation is 1. The number of rotatable bonds is 3. The zero-order chi connectivity index (χ0) is 13.1. The summed E-state index contributed by atoms with van der Waals surface area (Å²) in [6, 6.07) is 7.42. The third kappa shape index (κ3) is 2.66. The lowest BCUT2D eigenvalue weighted by Crippen LogP contribution is -2.25. The van der Waals surface area contributed by atoms with Gasteiger partial charge in [-0.3, -0.25) is 10.2 Å². The standard InChI is InChI=1S/C11H11IN4OS/c1-7-13-14-11(18-2)16(7)15-10(17)8-5-3-4-6-9(8)12/h3-6H,1-2H3,(H,15,17). The molecule has 0 spiro atoms. The number of aromatic nitrogens is 3. The second kappa shape index (κ2) is 5.70. The second-order valence-corrected chi connectivity index (χ2v) is 5.43. The summed E-state index contributed by atoms with van der Waals surface area (Å²) in [5.74, 6) is 0.483. The summed E-state index contributed by atoms with van der Waals surface area (Å²) in [6.45, 7) is 1.79. The lowest BCUT2D eigenvalue weighted by Gasteiger charge is -2.10. The SMILES string of the molecule is CSc1nnc(C)n1NC(=O)c1ccccc1I. The van der Waals surface area contributed by atoms with Crippen molar-refractivity contribution >= 4 is 40.3 Å². The van der Waals surface area contributed by atoms with E-state index in [-0.39, 0.29) is 5.91 Å². The summed E-state index contributed by atoms with van der Waals surface area (Å²) in [7, 11) is 0. The van der Waals surface area contributed by atoms with Crippen LogP contribution in [0.25, 0.3) is 0 Å². The molecule has 1 aromatic heterocycles. The molecule has 1 N–H and O–H groups in total. The summed E-state index contributed by atoms with van der Waals surface area (Å²) >= 11 is 3.57. The van der Waals surface area contributed by atoms with Gasteiger partial charge in [-0.2, -0.15) is 0 Å². The Labute approximate surface area is 122 Å². The number of benzene rings is 1. The van der Waals surface area contributed by atoms with Crippen molar-refractivity contribution in [2.24, 2.45) is 0 Å². The van der Waals surface area contributed by atoms with Gasteiger partial charge >= 0.3 is 0 Å². The normalized spacial score (nSPS) is 10.4. The van der Waals surface area contributed by atoms with E-state index in [4.69, 9.17) is 0 Å². The highest BCUT2D eigenvalue weighted by Crippen LogP contribution is 2.14. The van der Waals surface area contributed by atoms with Crippen LogP contribution in [-0.4, -0.2) is 27.0 Å². The summed E-state index contributed by atoms with van der Waals surface area (Å²) in [6.07, 6.45) is 1.89. The van der Waals surface area contributed by atoms with Crippen LogP contribution in [0, 0.1) is 10.5 Å². The van der Waals surface area contributed by atoms with Gasteiger partial charge in [-0.15, -0.1) is 10.2 Å². The molecule has 94 valence electrons. The van der Waals surface area contributed by atoms with Crippen molar-refractivity contribution in [2.45, 2.75) is 12.1 Å². The molecule has 2 rings (SSSR count). The largest absolute Gasteiger partial charge is 0.271 e. The van der Waals surface area contributed by atoms with E-state index in [0.29, 0.717) is 16.5 Å². The monoisotopic (exact) mass is 374 g/mol. The highest BCUT2D eigenvalue weighted by molar-refractivity contribution is 14.1. The third-order valence-electron chi connectivity index (χ3n) is 2.31. The van der Waals surface area contributed by atoms with Crippen LogP contribution < -0.4 is 5.43 Å². The first-order chi connectivity index (χ1) is 8.63. The number of thioether (sulfide) groups is 1. The molecule has 0 fully saturated rings. The van der Waals surface area contributed by atoms with Crippen LogP contribution in [0.3, 0.4) is 0 Å². The van der Waals surface area contributed by atoms with Crippen molar-refractivity contribution in [3.05, 3.63) is 39.2 Å². The molecule has 1 amide bonds. The predicted molar refractivity (Wildman–Crippen MR) is 79.4 cm³/mol. The average Bonchev–Trinajstić information content (AvgIpc) is 2.71. The maximum Gasteiger partial charge on any atom is 0.271 e. The topological polar surface area (TPSA) is 59.8 Å². The van der Waals surface area contributed by atoms with E-state index in [0.717, 1.165) is 3.57 Å². The molecular formula is C11H11IN4OS. The van der Waals surface area contributed by atoms with Gasteiger partial charge < -0.3 is 0 Å². The summed E-state index contributed by atoms with van der Waals surface area (Å²) in [5.41, 5.74) is 3.43. The van der Waals surface area contributed by atoms with Gasteiger partial charge in [0, 0.05) is 3.57 Å². The van der Waals surface area contributed by atoms with Crippen molar-refractivity contribution in [2.75, 3.05) is 11.7 Å². The number of hydrogen-bond acceptors (Lipinski definition) is 4. The fourth-order valence-corrected chi connectivity index (χ4v) is 2.53. The highest BCUT2D eigenvalue weighted by Gasteiger charge is 2.13. The summed E-state index contributed by atoms with van der Waals surface area (Å²) in [4.78, 5) is 12.2. The van der Waals surface area contributed by atoms with Gasteiger partial charge in [0.15, 0.2) is 0 Å². The quantitative estimate of drug-likeness (QED) is 0.662. The smallest absolute Gasteiger partial charge is 0.267 e. The highest BCUT2D eigenvalue weighted by atomic mass is 127. The van der Waals surface area contributed by atoms with Crippen molar-refractivity contribution in [3.8, 4) is 0 Å². The zero-order valence-electron chi connectivity index (χ0n) is 9.85. The van der Waals surface area contributed by atoms with Crippen LogP contribution in [0.2, 0.25) is 0 Å². The van der Waals surface area contributed by atoms with Crippen LogP contribution in [0.5, 0.6) is 0 Å². The maximum atomic E-state index is 12.2. The molecule has 1 aromatic carbocycles. The molecule has 0 aliphatic carbocycles. The van der Waals surface area contributed by atoms with Gasteiger partial charge in [0.05, 0.1) is 5.56 Å². The Kier molecular flexibility index (Phi) is 4.23. The molecule has 1 heterocycles. The second-order valence-electron chi connectivity index (χ2n) is 3.49. The summed E-state index contributed by atoms with van der Waals surface area (Å²) in [5, 5.41) is 8.55. The minimum atomic E-state index is -0.168. The number of hydrogen-bond donors (Lipinski definition) is 1. The van der Waals surface area contributed by atoms with E-state index in [9.17, 15) is 4.79 Å². The van der Waals surface area contributed by atoms with Gasteiger partial charge in [-0.05, 0) is 47.9 Å². The molecule has 0 bridgehead atoms. The Bertz CT molecular complexity index is 584. The molecule has 0 saturated heterocycles. The van der Waals surface area contributed by atoms with Crippen molar-refractivity contribution in [1.82, 2.24) is 14.9 Å². The number of halogens is 1. The molecule has 0 unspecified atom stereocenters. The van der Waals surface area contributed by atoms with Gasteiger partial charge in [0.2, 0.25) is 5.16 Å². The van der Waals surface area contributed by atoms with Gasteiger partial charge in [0.1, 0.15) is 5.82 Å². The first kappa shape index (κ1) is 13.3. The summed E-state index contributed by atoms with van der Waals surface area (Å²) < 4.78 is 2.50. The number of nitrogens with zero attached hydrogens (tertiary/aromatic N) is 3. The minimum absolute atomic E-state index is 0.168. The van der Waals surface area contributed by atoms with Crippen LogP contribution >= 0.6 is 34.4 Å². The lowest BCUT2D eigenvalue weighted by molar-refractivity contribution is 0.100. The Morgan fingerprint density at radius 2 is 2.11 bits per heavy atom. The Morgan fingerprint density at radius 1 is 1.39 bits per heavy atom. The van der Waals surface area contributed by atoms with E-state index < -0.39 is 0 Å². The molecule has 7 heteroatoms. The molecule has 0 saturated carbocycles. The third-order valence-corrected chi connectivity index (χ3v) is 3.88. The van der Waals surface area contributed by atoms with E-state index in [2.05, 4.69) is 38.2 Å². The molecule has 0 radical (unpaired) electrons. The molecule has 0 atom stereocenters. The fraction of sp³-hybridized carbons (Fsp3) is 0.182. The van der Waals surface area contributed by atoms with Crippen LogP contribution in [-0.2, 0) is 0 Å². The molecule has 2 aromatic rings. The van der Waals surface area contributed by atoms with E-state index in [1.165, 1.54) is 11.8 Å². The number of nitrogens with one attached hydrogen (secondary N) is 1. The number of carbonyl (C=O) groups is 1. The molecule has 0 aliphatic rings. The Hall–Kier alpha value is -1.09. The Morgan fingerprint density at radius 3 is 2.78 bits per heavy atom. The molecule has 18 heavy (non-hydrogen) atoms. The van der Waals surface area contributed by atoms with Gasteiger partial charge in [-0.1, -0.05) is 23.9 Å². The van der Waals surface area contributed by atoms with E-state index >= 15 is 0 Å². The van der Waals surface area contributed by atoms with Crippen molar-refractivity contribution < 1.29 is 4.79 Å². The van der Waals surface area contributed by atoms with Gasteiger partial charge in [-0.25, -0.2) is 4.68 Å². The first-order valence-corrected chi connectivity index (χ1v) is 7.45.